The van der Waals surface area contributed by atoms with Gasteiger partial charge in [0.2, 0.25) is 0 Å². The maximum Gasteiger partial charge on any atom is 0.266 e. The van der Waals surface area contributed by atoms with E-state index in [0.717, 1.165) is 5.56 Å². The van der Waals surface area contributed by atoms with Crippen LogP contribution in [0.25, 0.3) is 6.08 Å². The fourth-order valence-corrected chi connectivity index (χ4v) is 3.41. The van der Waals surface area contributed by atoms with Gasteiger partial charge in [-0.05, 0) is 66.7 Å². The molecule has 0 spiro atoms. The van der Waals surface area contributed by atoms with E-state index < -0.39 is 0 Å². The van der Waals surface area contributed by atoms with Gasteiger partial charge in [0.15, 0.2) is 5.17 Å². The first-order valence-corrected chi connectivity index (χ1v) is 8.61. The first kappa shape index (κ1) is 16.6. The van der Waals surface area contributed by atoms with Crippen LogP contribution in [0.5, 0.6) is 5.75 Å². The Balaban J connectivity index is 1.91. The van der Waals surface area contributed by atoms with E-state index in [-0.39, 0.29) is 11.7 Å². The number of halogens is 1. The Bertz CT molecular complexity index is 814. The molecule has 0 saturated carbocycles. The van der Waals surface area contributed by atoms with Crippen molar-refractivity contribution in [3.8, 4) is 5.75 Å². The summed E-state index contributed by atoms with van der Waals surface area (Å²) in [5.74, 6) is 0.125. The van der Waals surface area contributed by atoms with Gasteiger partial charge in [0.1, 0.15) is 5.75 Å². The number of phenols is 1. The van der Waals surface area contributed by atoms with Crippen molar-refractivity contribution in [3.05, 3.63) is 64.0 Å². The van der Waals surface area contributed by atoms with Gasteiger partial charge in [0.25, 0.3) is 5.91 Å². The summed E-state index contributed by atoms with van der Waals surface area (Å²) < 4.78 is 0. The van der Waals surface area contributed by atoms with Gasteiger partial charge < -0.3 is 5.11 Å². The molecule has 1 aliphatic rings. The normalized spacial score (nSPS) is 17.9. The molecule has 0 atom stereocenters. The summed E-state index contributed by atoms with van der Waals surface area (Å²) in [7, 11) is 0. The molecule has 4 nitrogen and oxygen atoms in total. The van der Waals surface area contributed by atoms with Crippen LogP contribution in [0, 0.1) is 0 Å². The first-order chi connectivity index (χ1) is 11.6. The molecular weight excluding hydrogens is 344 g/mol. The molecule has 2 aromatic carbocycles. The van der Waals surface area contributed by atoms with E-state index in [4.69, 9.17) is 11.6 Å². The van der Waals surface area contributed by atoms with Crippen molar-refractivity contribution in [2.24, 2.45) is 4.99 Å². The average Bonchev–Trinajstić information content (AvgIpc) is 2.86. The quantitative estimate of drug-likeness (QED) is 0.811. The number of aliphatic imine (C=N–C) groups is 1. The average molecular weight is 359 g/mol. The maximum absolute atomic E-state index is 12.6. The third-order valence-electron chi connectivity index (χ3n) is 3.45. The SMILES string of the molecule is CCN1C(=O)/C(=C/c2ccc(Cl)cc2)SC1=Nc1ccc(O)cc1. The van der Waals surface area contributed by atoms with Gasteiger partial charge in [-0.2, -0.15) is 0 Å². The topological polar surface area (TPSA) is 52.9 Å². The lowest BCUT2D eigenvalue weighted by Crippen LogP contribution is -2.28. The predicted octanol–water partition coefficient (Wildman–Crippen LogP) is 4.67. The minimum atomic E-state index is -0.0602. The first-order valence-electron chi connectivity index (χ1n) is 7.41. The Hall–Kier alpha value is -2.24. The fraction of sp³-hybridized carbons (Fsp3) is 0.111. The minimum absolute atomic E-state index is 0.0602. The van der Waals surface area contributed by atoms with Crippen molar-refractivity contribution < 1.29 is 9.90 Å². The number of amides is 1. The van der Waals surface area contributed by atoms with Crippen molar-refractivity contribution in [3.63, 3.8) is 0 Å². The van der Waals surface area contributed by atoms with Crippen LogP contribution in [0.2, 0.25) is 5.02 Å². The smallest absolute Gasteiger partial charge is 0.266 e. The second-order valence-corrected chi connectivity index (χ2v) is 6.57. The van der Waals surface area contributed by atoms with E-state index in [1.54, 1.807) is 41.3 Å². The Kier molecular flexibility index (Phi) is 4.92. The Morgan fingerprint density at radius 1 is 1.17 bits per heavy atom. The number of hydrogen-bond acceptors (Lipinski definition) is 4. The molecule has 1 N–H and O–H groups in total. The highest BCUT2D eigenvalue weighted by molar-refractivity contribution is 8.18. The lowest BCUT2D eigenvalue weighted by Gasteiger charge is -2.11. The second kappa shape index (κ2) is 7.11. The number of rotatable bonds is 3. The van der Waals surface area contributed by atoms with E-state index in [2.05, 4.69) is 4.99 Å². The molecule has 1 heterocycles. The van der Waals surface area contributed by atoms with E-state index in [9.17, 15) is 9.90 Å². The number of nitrogens with zero attached hydrogens (tertiary/aromatic N) is 2. The molecule has 1 amide bonds. The minimum Gasteiger partial charge on any atom is -0.508 e. The van der Waals surface area contributed by atoms with Crippen LogP contribution < -0.4 is 0 Å². The van der Waals surface area contributed by atoms with Crippen molar-refractivity contribution in [2.45, 2.75) is 6.92 Å². The van der Waals surface area contributed by atoms with Crippen LogP contribution in [0.3, 0.4) is 0 Å². The third-order valence-corrected chi connectivity index (χ3v) is 4.71. The molecule has 2 aromatic rings. The standard InChI is InChI=1S/C18H15ClN2O2S/c1-2-21-17(23)16(11-12-3-5-13(19)6-4-12)24-18(21)20-14-7-9-15(22)10-8-14/h3-11,22H,2H2,1H3/b16-11-,20-18?. The maximum atomic E-state index is 12.6. The molecule has 0 radical (unpaired) electrons. The molecule has 0 bridgehead atoms. The van der Waals surface area contributed by atoms with Crippen LogP contribution in [0.4, 0.5) is 5.69 Å². The lowest BCUT2D eigenvalue weighted by atomic mass is 10.2. The zero-order valence-corrected chi connectivity index (χ0v) is 14.5. The number of carbonyl (C=O) groups is 1. The van der Waals surface area contributed by atoms with Gasteiger partial charge in [0.05, 0.1) is 10.6 Å². The zero-order valence-electron chi connectivity index (χ0n) is 12.9. The Morgan fingerprint density at radius 2 is 1.83 bits per heavy atom. The van der Waals surface area contributed by atoms with Crippen LogP contribution in [0.1, 0.15) is 12.5 Å². The molecule has 0 aromatic heterocycles. The Labute approximate surface area is 149 Å². The lowest BCUT2D eigenvalue weighted by molar-refractivity contribution is -0.122. The summed E-state index contributed by atoms with van der Waals surface area (Å²) >= 11 is 7.23. The van der Waals surface area contributed by atoms with E-state index in [1.165, 1.54) is 11.8 Å². The molecule has 1 saturated heterocycles. The van der Waals surface area contributed by atoms with Gasteiger partial charge in [0, 0.05) is 11.6 Å². The molecule has 6 heteroatoms. The van der Waals surface area contributed by atoms with Gasteiger partial charge in [-0.15, -0.1) is 0 Å². The number of thioether (sulfide) groups is 1. The molecular formula is C18H15ClN2O2S. The number of hydrogen-bond donors (Lipinski definition) is 1. The number of phenolic OH excluding ortho intramolecular Hbond substituents is 1. The number of carbonyl (C=O) groups excluding carboxylic acids is 1. The van der Waals surface area contributed by atoms with E-state index in [0.29, 0.717) is 27.3 Å². The highest BCUT2D eigenvalue weighted by atomic mass is 35.5. The number of amidine groups is 1. The summed E-state index contributed by atoms with van der Waals surface area (Å²) in [5.41, 5.74) is 1.60. The van der Waals surface area contributed by atoms with Crippen LogP contribution in [0.15, 0.2) is 58.4 Å². The van der Waals surface area contributed by atoms with Gasteiger partial charge >= 0.3 is 0 Å². The van der Waals surface area contributed by atoms with Gasteiger partial charge in [-0.25, -0.2) is 4.99 Å². The monoisotopic (exact) mass is 358 g/mol. The molecule has 3 rings (SSSR count). The summed E-state index contributed by atoms with van der Waals surface area (Å²) in [6, 6.07) is 13.9. The fourth-order valence-electron chi connectivity index (χ4n) is 2.22. The number of likely N-dealkylation sites (N-methyl/N-ethyl adjacent to an activating group) is 1. The van der Waals surface area contributed by atoms with Gasteiger partial charge in [-0.3, -0.25) is 9.69 Å². The van der Waals surface area contributed by atoms with Gasteiger partial charge in [-0.1, -0.05) is 23.7 Å². The third kappa shape index (κ3) is 3.63. The highest BCUT2D eigenvalue weighted by Gasteiger charge is 2.32. The zero-order chi connectivity index (χ0) is 17.1. The van der Waals surface area contributed by atoms with Crippen molar-refractivity contribution in [2.75, 3.05) is 6.54 Å². The largest absolute Gasteiger partial charge is 0.508 e. The van der Waals surface area contributed by atoms with E-state index >= 15 is 0 Å². The number of aromatic hydroxyl groups is 1. The summed E-state index contributed by atoms with van der Waals surface area (Å²) in [6.07, 6.45) is 1.84. The summed E-state index contributed by atoms with van der Waals surface area (Å²) in [6.45, 7) is 2.46. The highest BCUT2D eigenvalue weighted by Crippen LogP contribution is 2.34. The predicted molar refractivity (Wildman–Crippen MR) is 99.6 cm³/mol. The molecule has 0 aliphatic carbocycles. The van der Waals surface area contributed by atoms with E-state index in [1.807, 2.05) is 25.1 Å². The molecule has 24 heavy (non-hydrogen) atoms. The molecule has 1 fully saturated rings. The summed E-state index contributed by atoms with van der Waals surface area (Å²) in [4.78, 5) is 19.3. The van der Waals surface area contributed by atoms with Crippen molar-refractivity contribution >= 4 is 46.2 Å². The van der Waals surface area contributed by atoms with Crippen LogP contribution >= 0.6 is 23.4 Å². The van der Waals surface area contributed by atoms with Crippen LogP contribution in [-0.4, -0.2) is 27.6 Å². The van der Waals surface area contributed by atoms with Crippen LogP contribution in [-0.2, 0) is 4.79 Å². The van der Waals surface area contributed by atoms with Crippen molar-refractivity contribution in [1.82, 2.24) is 4.90 Å². The molecule has 122 valence electrons. The second-order valence-electron chi connectivity index (χ2n) is 5.12. The Morgan fingerprint density at radius 3 is 2.46 bits per heavy atom. The molecule has 0 unspecified atom stereocenters. The molecule has 1 aliphatic heterocycles. The number of benzene rings is 2. The summed E-state index contributed by atoms with van der Waals surface area (Å²) in [5, 5.41) is 10.6. The van der Waals surface area contributed by atoms with Crippen molar-refractivity contribution in [1.29, 1.82) is 0 Å².